The summed E-state index contributed by atoms with van der Waals surface area (Å²) in [6.07, 6.45) is 65.7. The second kappa shape index (κ2) is 19.3. The topological polar surface area (TPSA) is 12.0 Å². The van der Waals surface area contributed by atoms with Gasteiger partial charge in [0.2, 0.25) is 0 Å². The van der Waals surface area contributed by atoms with Gasteiger partial charge in [-0.1, -0.05) is 163 Å². The summed E-state index contributed by atoms with van der Waals surface area (Å²) in [5.41, 5.74) is 20.8. The average molecular weight is 858 g/mol. The first-order chi connectivity index (χ1) is 32.1. The molecule has 1 aromatic carbocycles. The summed E-state index contributed by atoms with van der Waals surface area (Å²) in [5, 5.41) is 4.03. The lowest BCUT2D eigenvalue weighted by Crippen LogP contribution is -2.39. The Kier molecular flexibility index (Phi) is 12.8. The molecule has 336 valence electrons. The molecule has 0 spiro atoms. The van der Waals surface area contributed by atoms with Crippen molar-refractivity contribution >= 4 is 5.69 Å². The Hall–Kier alpha value is -4.62. The van der Waals surface area contributed by atoms with Gasteiger partial charge in [0.25, 0.3) is 0 Å². The molecule has 10 aliphatic carbocycles. The smallest absolute Gasteiger partial charge is 0.0382 e. The van der Waals surface area contributed by atoms with Gasteiger partial charge in [-0.05, 0) is 192 Å². The first-order valence-corrected chi connectivity index (χ1v) is 26.7. The van der Waals surface area contributed by atoms with E-state index in [0.29, 0.717) is 53.3 Å². The van der Waals surface area contributed by atoms with Crippen LogP contribution in [-0.2, 0) is 6.42 Å². The van der Waals surface area contributed by atoms with E-state index in [2.05, 4.69) is 147 Å². The Morgan fingerprint density at radius 2 is 1.55 bits per heavy atom. The molecular weight excluding hydrogens is 783 g/mol. The first-order valence-electron chi connectivity index (χ1n) is 26.7. The molecular formula is C64H75N. The quantitative estimate of drug-likeness (QED) is 0.231. The lowest BCUT2D eigenvalue weighted by molar-refractivity contribution is 0.235. The number of anilines is 1. The number of allylic oxidation sites excluding steroid dienone is 28. The number of fused-ring (bicyclic) bond motifs is 5. The maximum Gasteiger partial charge on any atom is 0.0382 e. The third kappa shape index (κ3) is 8.65. The average Bonchev–Trinajstić information content (AvgIpc) is 3.49. The molecule has 65 heavy (non-hydrogen) atoms. The van der Waals surface area contributed by atoms with Crippen molar-refractivity contribution in [3.8, 4) is 0 Å². The van der Waals surface area contributed by atoms with Crippen molar-refractivity contribution < 1.29 is 0 Å². The third-order valence-electron chi connectivity index (χ3n) is 17.9. The molecule has 0 radical (unpaired) electrons. The monoisotopic (exact) mass is 858 g/mol. The van der Waals surface area contributed by atoms with Gasteiger partial charge in [0.1, 0.15) is 0 Å². The molecule has 0 aromatic heterocycles. The lowest BCUT2D eigenvalue weighted by atomic mass is 9.56. The minimum absolute atomic E-state index is 0.536. The van der Waals surface area contributed by atoms with Crippen LogP contribution in [0.1, 0.15) is 135 Å². The van der Waals surface area contributed by atoms with Crippen LogP contribution in [0.25, 0.3) is 0 Å². The summed E-state index contributed by atoms with van der Waals surface area (Å²) in [7, 11) is 0. The van der Waals surface area contributed by atoms with E-state index in [9.17, 15) is 0 Å². The van der Waals surface area contributed by atoms with E-state index in [1.807, 2.05) is 22.3 Å². The van der Waals surface area contributed by atoms with Crippen molar-refractivity contribution in [3.63, 3.8) is 0 Å². The van der Waals surface area contributed by atoms with Gasteiger partial charge in [0.05, 0.1) is 0 Å². The Bertz CT molecular complexity index is 2450. The number of rotatable bonds is 10. The van der Waals surface area contributed by atoms with Crippen LogP contribution in [0.15, 0.2) is 189 Å². The zero-order valence-corrected chi connectivity index (χ0v) is 39.8. The van der Waals surface area contributed by atoms with E-state index in [-0.39, 0.29) is 0 Å². The summed E-state index contributed by atoms with van der Waals surface area (Å²) < 4.78 is 0. The minimum Gasteiger partial charge on any atom is -0.358 e. The van der Waals surface area contributed by atoms with Crippen molar-refractivity contribution in [2.75, 3.05) is 5.32 Å². The minimum atomic E-state index is 0.536. The molecule has 1 N–H and O–H groups in total. The number of benzene rings is 1. The van der Waals surface area contributed by atoms with Crippen LogP contribution in [0.2, 0.25) is 0 Å². The highest BCUT2D eigenvalue weighted by atomic mass is 14.9. The summed E-state index contributed by atoms with van der Waals surface area (Å²) >= 11 is 0. The second-order valence-corrected chi connectivity index (χ2v) is 21.6. The summed E-state index contributed by atoms with van der Waals surface area (Å²) in [6.45, 7) is 4.97. The van der Waals surface area contributed by atoms with Gasteiger partial charge in [-0.2, -0.15) is 0 Å². The van der Waals surface area contributed by atoms with E-state index >= 15 is 0 Å². The Morgan fingerprint density at radius 1 is 0.677 bits per heavy atom. The number of nitrogens with one attached hydrogen (secondary N) is 1. The van der Waals surface area contributed by atoms with Gasteiger partial charge in [-0.15, -0.1) is 0 Å². The third-order valence-corrected chi connectivity index (χ3v) is 17.9. The lowest BCUT2D eigenvalue weighted by Gasteiger charge is -2.48. The molecule has 11 rings (SSSR count). The van der Waals surface area contributed by atoms with Crippen LogP contribution >= 0.6 is 0 Å². The van der Waals surface area contributed by atoms with E-state index in [1.165, 1.54) is 118 Å². The van der Waals surface area contributed by atoms with Crippen molar-refractivity contribution in [3.05, 3.63) is 195 Å². The number of hydrogen-bond acceptors (Lipinski definition) is 1. The van der Waals surface area contributed by atoms with Crippen LogP contribution in [0.5, 0.6) is 0 Å². The molecule has 7 unspecified atom stereocenters. The van der Waals surface area contributed by atoms with Crippen molar-refractivity contribution in [1.29, 1.82) is 0 Å². The predicted octanol–water partition coefficient (Wildman–Crippen LogP) is 17.2. The van der Waals surface area contributed by atoms with Crippen LogP contribution in [-0.4, -0.2) is 0 Å². The Labute approximate surface area is 392 Å². The van der Waals surface area contributed by atoms with Gasteiger partial charge in [0.15, 0.2) is 0 Å². The summed E-state index contributed by atoms with van der Waals surface area (Å²) in [5.74, 6) is 5.55. The summed E-state index contributed by atoms with van der Waals surface area (Å²) in [4.78, 5) is 0. The molecule has 1 aromatic rings. The number of hydrogen-bond donors (Lipinski definition) is 1. The van der Waals surface area contributed by atoms with Gasteiger partial charge in [-0.3, -0.25) is 0 Å². The van der Waals surface area contributed by atoms with Crippen molar-refractivity contribution in [2.24, 2.45) is 53.3 Å². The molecule has 9 atom stereocenters. The highest BCUT2D eigenvalue weighted by Gasteiger charge is 2.45. The largest absolute Gasteiger partial charge is 0.358 e. The zero-order chi connectivity index (χ0) is 43.7. The first kappa shape index (κ1) is 43.0. The molecule has 0 saturated carbocycles. The molecule has 0 fully saturated rings. The molecule has 1 heteroatoms. The maximum absolute atomic E-state index is 4.03. The van der Waals surface area contributed by atoms with Crippen LogP contribution < -0.4 is 5.32 Å². The highest BCUT2D eigenvalue weighted by molar-refractivity contribution is 5.62. The van der Waals surface area contributed by atoms with E-state index < -0.39 is 0 Å². The van der Waals surface area contributed by atoms with Crippen LogP contribution in [0, 0.1) is 53.3 Å². The van der Waals surface area contributed by atoms with Crippen molar-refractivity contribution in [2.45, 2.75) is 136 Å². The van der Waals surface area contributed by atoms with Gasteiger partial charge >= 0.3 is 0 Å². The van der Waals surface area contributed by atoms with Crippen molar-refractivity contribution in [1.82, 2.24) is 0 Å². The fourth-order valence-electron chi connectivity index (χ4n) is 14.7. The molecule has 0 bridgehead atoms. The van der Waals surface area contributed by atoms with Crippen LogP contribution in [0.4, 0.5) is 5.69 Å². The van der Waals surface area contributed by atoms with E-state index in [0.717, 1.165) is 32.1 Å². The summed E-state index contributed by atoms with van der Waals surface area (Å²) in [6, 6.07) is 9.66. The Balaban J connectivity index is 0.849. The van der Waals surface area contributed by atoms with E-state index in [1.54, 1.807) is 22.3 Å². The fraction of sp³-hybridized carbons (Fsp3) is 0.469. The highest BCUT2D eigenvalue weighted by Crippen LogP contribution is 2.55. The van der Waals surface area contributed by atoms with Gasteiger partial charge in [0, 0.05) is 34.7 Å². The molecule has 0 heterocycles. The van der Waals surface area contributed by atoms with Gasteiger partial charge < -0.3 is 5.32 Å². The second-order valence-electron chi connectivity index (χ2n) is 21.6. The molecule has 10 aliphatic rings. The SMILES string of the molecule is CCCC1=C([C@@H]2C=CCCC2Cc2ccc(NC3=C(C4=CCCC=C4)C=C(C4=CC=C5C(C4)C4=C(CCCC4)C[C@@H](C4=CC=CCC4)C5C)CC3)cc2)C2C=CC=CC2C2C=CCCC12. The molecule has 1 nitrogen and oxygen atoms in total. The molecule has 0 amide bonds. The Morgan fingerprint density at radius 3 is 2.42 bits per heavy atom. The molecule has 0 saturated heterocycles. The fourth-order valence-corrected chi connectivity index (χ4v) is 14.7. The zero-order valence-electron chi connectivity index (χ0n) is 39.8. The standard InChI is InChI=1S/C64H75N/c1-3-18-58-56-28-15-14-27-55(56)57-29-16-17-30-59(57)64(58)54-26-13-11-23-49(54)39-44-31-35-51(36-32-44)65-63-38-34-48(40-61(63)46-21-8-5-9-22-46)47-33-37-52-43(2)60(45-19-6-4-7-20-45)42-50-24-10-12-25-53(50)62(52)41-47/h4,6,8,13-14,16-17,19,21-22,26-27,29-33,35-37,40,43,49,54-57,59-60,62,65H,3,5,7,9-12,15,18,20,23-25,28,34,38-39,41-42H2,1-2H3/t43?,49?,54-,55?,56?,57?,59?,60-,62?/m1/s1. The van der Waals surface area contributed by atoms with Crippen LogP contribution in [0.3, 0.4) is 0 Å². The normalized spacial score (nSPS) is 33.0. The molecule has 0 aliphatic heterocycles. The maximum atomic E-state index is 4.03. The predicted molar refractivity (Wildman–Crippen MR) is 276 cm³/mol. The van der Waals surface area contributed by atoms with Gasteiger partial charge in [-0.25, -0.2) is 0 Å². The van der Waals surface area contributed by atoms with E-state index in [4.69, 9.17) is 0 Å².